The Balaban J connectivity index is 2.82. The Hall–Kier alpha value is -1.22. The molecule has 0 unspecified atom stereocenters. The lowest BCUT2D eigenvalue weighted by atomic mass is 10.1. The molecule has 0 aliphatic heterocycles. The first-order valence-electron chi connectivity index (χ1n) is 4.24. The number of hydrogen-bond donors (Lipinski definition) is 1. The molecule has 2 N–H and O–H groups in total. The highest BCUT2D eigenvalue weighted by Crippen LogP contribution is 2.19. The molecule has 0 aromatic heterocycles. The lowest BCUT2D eigenvalue weighted by molar-refractivity contribution is -0.127. The highest BCUT2D eigenvalue weighted by Gasteiger charge is 2.08. The molecule has 14 heavy (non-hydrogen) atoms. The maximum atomic E-state index is 11.4. The number of halogens is 1. The van der Waals surface area contributed by atoms with E-state index in [1.807, 2.05) is 0 Å². The summed E-state index contributed by atoms with van der Waals surface area (Å²) in [5.41, 5.74) is 6.95. The van der Waals surface area contributed by atoms with Gasteiger partial charge in [-0.3, -0.25) is 4.79 Å². The van der Waals surface area contributed by atoms with Gasteiger partial charge in [-0.1, -0.05) is 17.7 Å². The zero-order valence-electron chi connectivity index (χ0n) is 8.25. The second-order valence-electron chi connectivity index (χ2n) is 3.32. The predicted molar refractivity (Wildman–Crippen MR) is 58.3 cm³/mol. The largest absolute Gasteiger partial charge is 0.399 e. The van der Waals surface area contributed by atoms with Crippen molar-refractivity contribution in [3.8, 4) is 0 Å². The summed E-state index contributed by atoms with van der Waals surface area (Å²) in [6, 6.07) is 5.17. The van der Waals surface area contributed by atoms with E-state index in [1.54, 1.807) is 32.3 Å². The number of nitrogens with zero attached hydrogens (tertiary/aromatic N) is 1. The van der Waals surface area contributed by atoms with Crippen molar-refractivity contribution < 1.29 is 4.79 Å². The molecule has 4 heteroatoms. The molecule has 0 radical (unpaired) electrons. The van der Waals surface area contributed by atoms with Crippen LogP contribution in [-0.4, -0.2) is 24.9 Å². The molecule has 0 atom stereocenters. The third-order valence-corrected chi connectivity index (χ3v) is 2.27. The minimum Gasteiger partial charge on any atom is -0.399 e. The van der Waals surface area contributed by atoms with Gasteiger partial charge in [-0.05, 0) is 17.7 Å². The van der Waals surface area contributed by atoms with Gasteiger partial charge in [0.15, 0.2) is 0 Å². The first-order valence-corrected chi connectivity index (χ1v) is 4.62. The van der Waals surface area contributed by atoms with Gasteiger partial charge in [0.2, 0.25) is 5.91 Å². The molecule has 0 aliphatic carbocycles. The summed E-state index contributed by atoms with van der Waals surface area (Å²) in [6.07, 6.45) is 0.312. The minimum absolute atomic E-state index is 0.0247. The Labute approximate surface area is 88.5 Å². The lowest BCUT2D eigenvalue weighted by Crippen LogP contribution is -2.23. The van der Waals surface area contributed by atoms with Crippen LogP contribution in [0.2, 0.25) is 5.02 Å². The molecule has 76 valence electrons. The number of carbonyl (C=O) groups is 1. The van der Waals surface area contributed by atoms with Crippen molar-refractivity contribution in [2.45, 2.75) is 6.42 Å². The molecule has 1 amide bonds. The predicted octanol–water partition coefficient (Wildman–Crippen LogP) is 1.55. The Kier molecular flexibility index (Phi) is 3.36. The molecule has 0 heterocycles. The third-order valence-electron chi connectivity index (χ3n) is 1.92. The molecule has 3 nitrogen and oxygen atoms in total. The number of benzene rings is 1. The smallest absolute Gasteiger partial charge is 0.226 e. The average Bonchev–Trinajstić information content (AvgIpc) is 2.09. The van der Waals surface area contributed by atoms with Gasteiger partial charge in [-0.15, -0.1) is 0 Å². The normalized spacial score (nSPS) is 9.93. The molecular formula is C10H13ClN2O. The van der Waals surface area contributed by atoms with E-state index in [2.05, 4.69) is 0 Å². The molecule has 0 saturated heterocycles. The van der Waals surface area contributed by atoms with Gasteiger partial charge in [0.05, 0.1) is 6.42 Å². The van der Waals surface area contributed by atoms with Crippen LogP contribution < -0.4 is 5.73 Å². The van der Waals surface area contributed by atoms with Crippen LogP contribution in [0.4, 0.5) is 5.69 Å². The van der Waals surface area contributed by atoms with Crippen molar-refractivity contribution in [3.63, 3.8) is 0 Å². The summed E-state index contributed by atoms with van der Waals surface area (Å²) in [5.74, 6) is 0.0247. The van der Waals surface area contributed by atoms with Crippen LogP contribution in [0.15, 0.2) is 18.2 Å². The van der Waals surface area contributed by atoms with E-state index in [0.717, 1.165) is 5.56 Å². The van der Waals surface area contributed by atoms with Crippen molar-refractivity contribution in [2.75, 3.05) is 19.8 Å². The van der Waals surface area contributed by atoms with Gasteiger partial charge in [0, 0.05) is 24.8 Å². The summed E-state index contributed by atoms with van der Waals surface area (Å²) in [7, 11) is 3.43. The van der Waals surface area contributed by atoms with Crippen molar-refractivity contribution >= 4 is 23.2 Å². The first kappa shape index (κ1) is 10.9. The number of carbonyl (C=O) groups excluding carboxylic acids is 1. The van der Waals surface area contributed by atoms with E-state index >= 15 is 0 Å². The fraction of sp³-hybridized carbons (Fsp3) is 0.300. The van der Waals surface area contributed by atoms with Crippen LogP contribution in [0.3, 0.4) is 0 Å². The summed E-state index contributed by atoms with van der Waals surface area (Å²) in [4.78, 5) is 12.9. The topological polar surface area (TPSA) is 46.3 Å². The molecule has 0 aliphatic rings. The van der Waals surface area contributed by atoms with Crippen molar-refractivity contribution in [1.29, 1.82) is 0 Å². The number of rotatable bonds is 2. The van der Waals surface area contributed by atoms with Gasteiger partial charge in [-0.25, -0.2) is 0 Å². The molecule has 1 aromatic rings. The summed E-state index contributed by atoms with van der Waals surface area (Å²) >= 11 is 5.93. The van der Waals surface area contributed by atoms with E-state index in [1.165, 1.54) is 4.90 Å². The number of amides is 1. The number of hydrogen-bond acceptors (Lipinski definition) is 2. The summed E-state index contributed by atoms with van der Waals surface area (Å²) < 4.78 is 0. The van der Waals surface area contributed by atoms with E-state index in [9.17, 15) is 4.79 Å². The van der Waals surface area contributed by atoms with E-state index in [4.69, 9.17) is 17.3 Å². The average molecular weight is 213 g/mol. The van der Waals surface area contributed by atoms with Gasteiger partial charge < -0.3 is 10.6 Å². The zero-order valence-corrected chi connectivity index (χ0v) is 9.01. The Bertz CT molecular complexity index is 350. The van der Waals surface area contributed by atoms with E-state index in [0.29, 0.717) is 17.1 Å². The first-order chi connectivity index (χ1) is 6.50. The second kappa shape index (κ2) is 4.33. The number of nitrogen functional groups attached to an aromatic ring is 1. The summed E-state index contributed by atoms with van der Waals surface area (Å²) in [5, 5.41) is 0.542. The highest BCUT2D eigenvalue weighted by atomic mass is 35.5. The summed E-state index contributed by atoms with van der Waals surface area (Å²) in [6.45, 7) is 0. The zero-order chi connectivity index (χ0) is 10.7. The fourth-order valence-electron chi connectivity index (χ4n) is 1.03. The van der Waals surface area contributed by atoms with Crippen LogP contribution in [0.5, 0.6) is 0 Å². The maximum absolute atomic E-state index is 11.4. The highest BCUT2D eigenvalue weighted by molar-refractivity contribution is 6.31. The minimum atomic E-state index is 0.0247. The maximum Gasteiger partial charge on any atom is 0.226 e. The SMILES string of the molecule is CN(C)C(=O)Cc1ccc(N)cc1Cl. The Morgan fingerprint density at radius 1 is 1.50 bits per heavy atom. The quantitative estimate of drug-likeness (QED) is 0.757. The number of anilines is 1. The molecule has 0 saturated carbocycles. The van der Waals surface area contributed by atoms with Crippen LogP contribution in [0, 0.1) is 0 Å². The Morgan fingerprint density at radius 3 is 2.64 bits per heavy atom. The molecule has 0 bridgehead atoms. The van der Waals surface area contributed by atoms with Gasteiger partial charge in [0.25, 0.3) is 0 Å². The second-order valence-corrected chi connectivity index (χ2v) is 3.72. The standard InChI is InChI=1S/C10H13ClN2O/c1-13(2)10(14)5-7-3-4-8(12)6-9(7)11/h3-4,6H,5,12H2,1-2H3. The van der Waals surface area contributed by atoms with Gasteiger partial charge in [0.1, 0.15) is 0 Å². The molecular weight excluding hydrogens is 200 g/mol. The molecule has 0 spiro atoms. The van der Waals surface area contributed by atoms with E-state index in [-0.39, 0.29) is 5.91 Å². The van der Waals surface area contributed by atoms with E-state index < -0.39 is 0 Å². The molecule has 0 fully saturated rings. The molecule has 1 rings (SSSR count). The number of nitrogens with two attached hydrogens (primary N) is 1. The van der Waals surface area contributed by atoms with Crippen LogP contribution in [0.1, 0.15) is 5.56 Å². The lowest BCUT2D eigenvalue weighted by Gasteiger charge is -2.11. The fourth-order valence-corrected chi connectivity index (χ4v) is 1.28. The van der Waals surface area contributed by atoms with Gasteiger partial charge >= 0.3 is 0 Å². The van der Waals surface area contributed by atoms with Crippen molar-refractivity contribution in [1.82, 2.24) is 4.90 Å². The number of likely N-dealkylation sites (N-methyl/N-ethyl adjacent to an activating group) is 1. The monoisotopic (exact) mass is 212 g/mol. The van der Waals surface area contributed by atoms with Crippen LogP contribution in [-0.2, 0) is 11.2 Å². The molecule has 1 aromatic carbocycles. The van der Waals surface area contributed by atoms with Crippen molar-refractivity contribution in [3.05, 3.63) is 28.8 Å². The van der Waals surface area contributed by atoms with Crippen LogP contribution >= 0.6 is 11.6 Å². The van der Waals surface area contributed by atoms with Crippen molar-refractivity contribution in [2.24, 2.45) is 0 Å². The van der Waals surface area contributed by atoms with Gasteiger partial charge in [-0.2, -0.15) is 0 Å². The Morgan fingerprint density at radius 2 is 2.14 bits per heavy atom. The third kappa shape index (κ3) is 2.64. The van der Waals surface area contributed by atoms with Crippen LogP contribution in [0.25, 0.3) is 0 Å².